The normalized spacial score (nSPS) is 12.4. The molecule has 0 fully saturated rings. The second kappa shape index (κ2) is 11.3. The number of hydrogen-bond acceptors (Lipinski definition) is 0. The summed E-state index contributed by atoms with van der Waals surface area (Å²) in [6.07, 6.45) is 0. The van der Waals surface area contributed by atoms with Crippen molar-refractivity contribution in [3.8, 4) is 0 Å². The van der Waals surface area contributed by atoms with Gasteiger partial charge in [-0.1, -0.05) is 0 Å². The molecule has 0 nitrogen and oxygen atoms in total. The molecule has 0 heterocycles. The molecule has 4 aromatic carbocycles. The molecule has 0 aliphatic rings. The molecule has 0 saturated heterocycles. The van der Waals surface area contributed by atoms with Gasteiger partial charge in [-0.15, -0.1) is 0 Å². The third kappa shape index (κ3) is 4.36. The molecule has 0 radical (unpaired) electrons. The summed E-state index contributed by atoms with van der Waals surface area (Å²) in [7, 11) is 0. The first kappa shape index (κ1) is 34.1. The predicted molar refractivity (Wildman–Crippen MR) is 109 cm³/mol. The van der Waals surface area contributed by atoms with Gasteiger partial charge >= 0.3 is 237 Å². The van der Waals surface area contributed by atoms with Crippen LogP contribution in [0.2, 0.25) is 0 Å². The first-order valence-corrected chi connectivity index (χ1v) is 15.3. The van der Waals surface area contributed by atoms with E-state index in [1.165, 1.54) is 0 Å². The van der Waals surface area contributed by atoms with Gasteiger partial charge in [0.15, 0.2) is 0 Å². The first-order chi connectivity index (χ1) is 20.7. The zero-order valence-corrected chi connectivity index (χ0v) is 22.3. The van der Waals surface area contributed by atoms with E-state index in [9.17, 15) is 52.7 Å². The topological polar surface area (TPSA) is 0 Å². The molecule has 0 atom stereocenters. The fourth-order valence-electron chi connectivity index (χ4n) is 4.03. The van der Waals surface area contributed by atoms with Crippen molar-refractivity contribution < 1.29 is 87.8 Å². The van der Waals surface area contributed by atoms with Crippen LogP contribution in [0, 0.1) is 116 Å². The number of benzene rings is 4. The SMILES string of the molecule is Fc1c(F)c(F)c([Te](c2c(F)c(F)c(F)c(F)c2F)(c2c(F)c(F)c(F)c(F)c2F)c2c(F)c(F)c(F)c(F)c2F)c(F)c1F. The van der Waals surface area contributed by atoms with Gasteiger partial charge in [0.2, 0.25) is 0 Å². The zero-order valence-electron chi connectivity index (χ0n) is 20.0. The molecule has 0 spiro atoms. The van der Waals surface area contributed by atoms with Crippen LogP contribution in [0.5, 0.6) is 0 Å². The van der Waals surface area contributed by atoms with E-state index in [2.05, 4.69) is 0 Å². The fourth-order valence-corrected chi connectivity index (χ4v) is 15.7. The maximum absolute atomic E-state index is 15.4. The monoisotopic (exact) mass is 798 g/mol. The Labute approximate surface area is 236 Å². The van der Waals surface area contributed by atoms with Gasteiger partial charge in [0.1, 0.15) is 0 Å². The Kier molecular flexibility index (Phi) is 8.54. The molecular weight excluding hydrogens is 796 g/mol. The van der Waals surface area contributed by atoms with Crippen molar-refractivity contribution in [1.82, 2.24) is 0 Å². The van der Waals surface area contributed by atoms with Gasteiger partial charge in [-0.25, -0.2) is 0 Å². The van der Waals surface area contributed by atoms with Crippen LogP contribution < -0.4 is 14.4 Å². The summed E-state index contributed by atoms with van der Waals surface area (Å²) in [6.45, 7) is 0. The van der Waals surface area contributed by atoms with Crippen LogP contribution in [0.3, 0.4) is 0 Å². The Morgan fingerprint density at radius 1 is 0.156 bits per heavy atom. The summed E-state index contributed by atoms with van der Waals surface area (Å²) in [4.78, 5) is 0. The van der Waals surface area contributed by atoms with E-state index in [4.69, 9.17) is 0 Å². The zero-order chi connectivity index (χ0) is 34.4. The van der Waals surface area contributed by atoms with Gasteiger partial charge in [-0.05, 0) is 0 Å². The van der Waals surface area contributed by atoms with E-state index in [0.717, 1.165) is 0 Å². The minimum absolute atomic E-state index is 3.32. The summed E-state index contributed by atoms with van der Waals surface area (Å²) in [5.74, 6) is -70.6. The summed E-state index contributed by atoms with van der Waals surface area (Å²) >= 11 is -9.50. The molecule has 242 valence electrons. The molecule has 0 amide bonds. The van der Waals surface area contributed by atoms with Crippen molar-refractivity contribution in [2.24, 2.45) is 0 Å². The van der Waals surface area contributed by atoms with E-state index >= 15 is 35.1 Å². The van der Waals surface area contributed by atoms with Gasteiger partial charge in [0.05, 0.1) is 0 Å². The maximum atomic E-state index is 15.4. The molecule has 21 heteroatoms. The van der Waals surface area contributed by atoms with Gasteiger partial charge in [-0.2, -0.15) is 0 Å². The summed E-state index contributed by atoms with van der Waals surface area (Å²) < 4.78 is 281. The summed E-state index contributed by atoms with van der Waals surface area (Å²) in [5.41, 5.74) is 0. The van der Waals surface area contributed by atoms with Crippen molar-refractivity contribution in [3.05, 3.63) is 116 Å². The van der Waals surface area contributed by atoms with Crippen LogP contribution in [0.15, 0.2) is 0 Å². The number of halogens is 20. The van der Waals surface area contributed by atoms with Gasteiger partial charge in [-0.3, -0.25) is 0 Å². The molecule has 0 aliphatic heterocycles. The van der Waals surface area contributed by atoms with E-state index < -0.39 is 149 Å². The molecular formula is C24F20Te. The van der Waals surface area contributed by atoms with Crippen molar-refractivity contribution in [2.75, 3.05) is 0 Å². The summed E-state index contributed by atoms with van der Waals surface area (Å²) in [6, 6.07) is 0. The summed E-state index contributed by atoms with van der Waals surface area (Å²) in [5, 5.41) is 0. The molecule has 0 aromatic heterocycles. The van der Waals surface area contributed by atoms with Crippen LogP contribution in [0.4, 0.5) is 87.8 Å². The standard InChI is InChI=1S/C24F20Te/c25-1-5(29)13(37)21(14(38)6(1)30)45(22-15(39)7(31)2(26)8(32)16(22)40,23-17(41)9(33)3(27)10(34)18(23)42)24-19(43)11(35)4(28)12(36)20(24)44. The van der Waals surface area contributed by atoms with Crippen LogP contribution in [0.1, 0.15) is 0 Å². The Morgan fingerprint density at radius 2 is 0.244 bits per heavy atom. The molecule has 0 unspecified atom stereocenters. The second-order valence-corrected chi connectivity index (χ2v) is 16.4. The van der Waals surface area contributed by atoms with Crippen LogP contribution in [0.25, 0.3) is 0 Å². The quantitative estimate of drug-likeness (QED) is 0.106. The molecule has 0 saturated carbocycles. The molecule has 0 bridgehead atoms. The number of hydrogen-bond donors (Lipinski definition) is 0. The van der Waals surface area contributed by atoms with E-state index in [1.807, 2.05) is 0 Å². The third-order valence-corrected chi connectivity index (χ3v) is 17.0. The molecule has 0 N–H and O–H groups in total. The Hall–Kier alpha value is -3.73. The Morgan fingerprint density at radius 3 is 0.356 bits per heavy atom. The van der Waals surface area contributed by atoms with Crippen LogP contribution >= 0.6 is 0 Å². The molecule has 0 aliphatic carbocycles. The third-order valence-electron chi connectivity index (χ3n) is 5.90. The average Bonchev–Trinajstić information content (AvgIpc) is 3.00. The second-order valence-electron chi connectivity index (χ2n) is 8.21. The van der Waals surface area contributed by atoms with Crippen molar-refractivity contribution in [1.29, 1.82) is 0 Å². The molecule has 4 rings (SSSR count). The van der Waals surface area contributed by atoms with E-state index in [0.29, 0.717) is 0 Å². The van der Waals surface area contributed by atoms with Gasteiger partial charge in [0, 0.05) is 0 Å². The average molecular weight is 796 g/mol. The van der Waals surface area contributed by atoms with Crippen molar-refractivity contribution in [3.63, 3.8) is 0 Å². The Bertz CT molecular complexity index is 1570. The fraction of sp³-hybridized carbons (Fsp3) is 0. The van der Waals surface area contributed by atoms with Gasteiger partial charge in [0.25, 0.3) is 0 Å². The van der Waals surface area contributed by atoms with E-state index in [-0.39, 0.29) is 0 Å². The van der Waals surface area contributed by atoms with E-state index in [1.54, 1.807) is 0 Å². The minimum atomic E-state index is -9.50. The van der Waals surface area contributed by atoms with Crippen molar-refractivity contribution in [2.45, 2.75) is 0 Å². The van der Waals surface area contributed by atoms with Crippen LogP contribution in [-0.4, -0.2) is 18.2 Å². The Balaban J connectivity index is 2.69. The predicted octanol–water partition coefficient (Wildman–Crippen LogP) is 5.85. The van der Waals surface area contributed by atoms with Crippen LogP contribution in [-0.2, 0) is 0 Å². The van der Waals surface area contributed by atoms with Crippen molar-refractivity contribution >= 4 is 32.6 Å². The molecule has 4 aromatic rings. The van der Waals surface area contributed by atoms with Gasteiger partial charge < -0.3 is 0 Å². The molecule has 45 heavy (non-hydrogen) atoms. The number of rotatable bonds is 4. The first-order valence-electron chi connectivity index (χ1n) is 10.6.